The molecule has 0 radical (unpaired) electrons. The Hall–Kier alpha value is -2.54. The molecule has 2 aromatic carbocycles. The third-order valence-electron chi connectivity index (χ3n) is 4.36. The highest BCUT2D eigenvalue weighted by Gasteiger charge is 2.32. The predicted octanol–water partition coefficient (Wildman–Crippen LogP) is 2.84. The number of nitrogens with one attached hydrogen (secondary N) is 2. The number of rotatable bonds is 5. The molecule has 138 valence electrons. The van der Waals surface area contributed by atoms with Crippen molar-refractivity contribution in [3.8, 4) is 0 Å². The molecule has 26 heavy (non-hydrogen) atoms. The van der Waals surface area contributed by atoms with Gasteiger partial charge in [0.1, 0.15) is 6.04 Å². The van der Waals surface area contributed by atoms with E-state index in [1.54, 1.807) is 24.3 Å². The molecule has 0 saturated carbocycles. The molecule has 6 nitrogen and oxygen atoms in total. The van der Waals surface area contributed by atoms with Crippen molar-refractivity contribution in [2.75, 3.05) is 21.2 Å². The van der Waals surface area contributed by atoms with Gasteiger partial charge in [-0.15, -0.1) is 0 Å². The predicted molar refractivity (Wildman–Crippen MR) is 105 cm³/mol. The summed E-state index contributed by atoms with van der Waals surface area (Å²) in [6, 6.07) is 14.5. The maximum atomic E-state index is 13.0. The van der Waals surface area contributed by atoms with Crippen LogP contribution in [0.15, 0.2) is 48.5 Å². The fraction of sp³-hybridized carbons (Fsp3) is 0.316. The monoisotopic (exact) mass is 373 g/mol. The quantitative estimate of drug-likeness (QED) is 0.845. The zero-order chi connectivity index (χ0) is 18.9. The van der Waals surface area contributed by atoms with Crippen molar-refractivity contribution in [2.24, 2.45) is 0 Å². The fourth-order valence-electron chi connectivity index (χ4n) is 3.31. The molecule has 7 heteroatoms. The average molecular weight is 373 g/mol. The van der Waals surface area contributed by atoms with Crippen LogP contribution in [0.1, 0.15) is 19.4 Å². The lowest BCUT2D eigenvalue weighted by atomic mass is 10.1. The molecule has 0 unspecified atom stereocenters. The van der Waals surface area contributed by atoms with Crippen LogP contribution in [-0.2, 0) is 21.2 Å². The van der Waals surface area contributed by atoms with Crippen molar-refractivity contribution in [1.29, 1.82) is 0 Å². The number of carbonyl (C=O) groups excluding carboxylic acids is 1. The molecule has 1 amide bonds. The summed E-state index contributed by atoms with van der Waals surface area (Å²) in [6.45, 7) is 3.86. The van der Waals surface area contributed by atoms with Crippen LogP contribution in [0.3, 0.4) is 0 Å². The van der Waals surface area contributed by atoms with E-state index in [-0.39, 0.29) is 11.9 Å². The van der Waals surface area contributed by atoms with Crippen LogP contribution in [0.5, 0.6) is 0 Å². The van der Waals surface area contributed by atoms with Gasteiger partial charge in [-0.05, 0) is 50.1 Å². The first-order chi connectivity index (χ1) is 12.2. The minimum Gasteiger partial charge on any atom is -0.374 e. The maximum absolute atomic E-state index is 13.0. The molecule has 1 heterocycles. The fourth-order valence-corrected chi connectivity index (χ4v) is 3.86. The van der Waals surface area contributed by atoms with Crippen molar-refractivity contribution in [1.82, 2.24) is 0 Å². The van der Waals surface area contributed by atoms with E-state index in [0.717, 1.165) is 18.4 Å². The van der Waals surface area contributed by atoms with Crippen molar-refractivity contribution in [3.63, 3.8) is 0 Å². The summed E-state index contributed by atoms with van der Waals surface area (Å²) in [4.78, 5) is 14.8. The number of anilines is 3. The first-order valence-corrected chi connectivity index (χ1v) is 10.4. The highest BCUT2D eigenvalue weighted by Crippen LogP contribution is 2.32. The first kappa shape index (κ1) is 18.3. The summed E-state index contributed by atoms with van der Waals surface area (Å²) < 4.78 is 25.2. The molecule has 1 aliphatic rings. The Morgan fingerprint density at radius 3 is 2.58 bits per heavy atom. The Bertz CT molecular complexity index is 927. The van der Waals surface area contributed by atoms with Gasteiger partial charge in [0.15, 0.2) is 0 Å². The van der Waals surface area contributed by atoms with Crippen LogP contribution in [-0.4, -0.2) is 32.7 Å². The molecule has 0 aromatic heterocycles. The van der Waals surface area contributed by atoms with Gasteiger partial charge in [0.2, 0.25) is 15.9 Å². The van der Waals surface area contributed by atoms with Crippen LogP contribution < -0.4 is 14.9 Å². The number of sulfonamides is 1. The van der Waals surface area contributed by atoms with Gasteiger partial charge in [0, 0.05) is 17.4 Å². The van der Waals surface area contributed by atoms with E-state index in [1.165, 1.54) is 5.56 Å². The van der Waals surface area contributed by atoms with Gasteiger partial charge in [-0.25, -0.2) is 8.42 Å². The highest BCUT2D eigenvalue weighted by atomic mass is 32.2. The van der Waals surface area contributed by atoms with Crippen LogP contribution in [0.2, 0.25) is 0 Å². The lowest BCUT2D eigenvalue weighted by Crippen LogP contribution is -2.44. The Kier molecular flexibility index (Phi) is 4.91. The Labute approximate surface area is 154 Å². The van der Waals surface area contributed by atoms with Crippen molar-refractivity contribution in [3.05, 3.63) is 54.1 Å². The third kappa shape index (κ3) is 3.99. The SMILES string of the molecule is C[C@@H](Nc1cccc(NS(C)(=O)=O)c1)C(=O)N1c2ccccc2C[C@@H]1C. The summed E-state index contributed by atoms with van der Waals surface area (Å²) in [5.41, 5.74) is 3.28. The summed E-state index contributed by atoms with van der Waals surface area (Å²) >= 11 is 0. The van der Waals surface area contributed by atoms with Crippen molar-refractivity contribution in [2.45, 2.75) is 32.4 Å². The smallest absolute Gasteiger partial charge is 0.249 e. The summed E-state index contributed by atoms with van der Waals surface area (Å²) in [6.07, 6.45) is 1.95. The molecular weight excluding hydrogens is 350 g/mol. The highest BCUT2D eigenvalue weighted by molar-refractivity contribution is 7.92. The topological polar surface area (TPSA) is 78.5 Å². The minimum atomic E-state index is -3.35. The molecule has 0 saturated heterocycles. The van der Waals surface area contributed by atoms with Gasteiger partial charge in [0.05, 0.1) is 11.9 Å². The molecule has 2 N–H and O–H groups in total. The Morgan fingerprint density at radius 1 is 1.15 bits per heavy atom. The van der Waals surface area contributed by atoms with E-state index >= 15 is 0 Å². The van der Waals surface area contributed by atoms with E-state index in [4.69, 9.17) is 0 Å². The summed E-state index contributed by atoms with van der Waals surface area (Å²) in [5.74, 6) is -0.0103. The Morgan fingerprint density at radius 2 is 1.85 bits per heavy atom. The molecule has 1 aliphatic heterocycles. The molecular formula is C19H23N3O3S. The lowest BCUT2D eigenvalue weighted by molar-refractivity contribution is -0.119. The standard InChI is InChI=1S/C19H23N3O3S/c1-13-11-15-7-4-5-10-18(15)22(13)19(23)14(2)20-16-8-6-9-17(12-16)21-26(3,24)25/h4-10,12-14,20-21H,11H2,1-3H3/t13-,14+/m0/s1. The van der Waals surface area contributed by atoms with E-state index in [9.17, 15) is 13.2 Å². The lowest BCUT2D eigenvalue weighted by Gasteiger charge is -2.27. The number of para-hydroxylation sites is 1. The number of benzene rings is 2. The average Bonchev–Trinajstić information content (AvgIpc) is 2.88. The zero-order valence-corrected chi connectivity index (χ0v) is 15.9. The number of amides is 1. The van der Waals surface area contributed by atoms with Crippen LogP contribution in [0.25, 0.3) is 0 Å². The minimum absolute atomic E-state index is 0.0103. The maximum Gasteiger partial charge on any atom is 0.249 e. The van der Waals surface area contributed by atoms with Gasteiger partial charge in [-0.1, -0.05) is 24.3 Å². The molecule has 3 rings (SSSR count). The summed E-state index contributed by atoms with van der Waals surface area (Å²) in [7, 11) is -3.35. The second-order valence-electron chi connectivity index (χ2n) is 6.71. The molecule has 0 spiro atoms. The van der Waals surface area contributed by atoms with Gasteiger partial charge < -0.3 is 10.2 Å². The van der Waals surface area contributed by atoms with Gasteiger partial charge in [0.25, 0.3) is 0 Å². The van der Waals surface area contributed by atoms with Crippen LogP contribution in [0, 0.1) is 0 Å². The van der Waals surface area contributed by atoms with Crippen molar-refractivity contribution < 1.29 is 13.2 Å². The van der Waals surface area contributed by atoms with Gasteiger partial charge in [-0.3, -0.25) is 9.52 Å². The van der Waals surface area contributed by atoms with E-state index in [0.29, 0.717) is 11.4 Å². The number of fused-ring (bicyclic) bond motifs is 1. The van der Waals surface area contributed by atoms with E-state index < -0.39 is 16.1 Å². The number of nitrogens with zero attached hydrogens (tertiary/aromatic N) is 1. The van der Waals surface area contributed by atoms with Crippen LogP contribution in [0.4, 0.5) is 17.1 Å². The van der Waals surface area contributed by atoms with E-state index in [1.807, 2.05) is 36.9 Å². The number of hydrogen-bond acceptors (Lipinski definition) is 4. The molecule has 0 aliphatic carbocycles. The number of carbonyl (C=O) groups is 1. The van der Waals surface area contributed by atoms with Crippen molar-refractivity contribution >= 4 is 33.0 Å². The van der Waals surface area contributed by atoms with Gasteiger partial charge in [-0.2, -0.15) is 0 Å². The van der Waals surface area contributed by atoms with Crippen LogP contribution >= 0.6 is 0 Å². The molecule has 2 aromatic rings. The molecule has 0 fully saturated rings. The first-order valence-electron chi connectivity index (χ1n) is 8.50. The summed E-state index contributed by atoms with van der Waals surface area (Å²) in [5, 5.41) is 3.17. The normalized spacial score (nSPS) is 17.5. The third-order valence-corrected chi connectivity index (χ3v) is 4.97. The molecule has 0 bridgehead atoms. The second kappa shape index (κ2) is 6.99. The number of hydrogen-bond donors (Lipinski definition) is 2. The second-order valence-corrected chi connectivity index (χ2v) is 8.46. The molecule has 2 atom stereocenters. The van der Waals surface area contributed by atoms with Gasteiger partial charge >= 0.3 is 0 Å². The largest absolute Gasteiger partial charge is 0.374 e. The Balaban J connectivity index is 1.75. The van der Waals surface area contributed by atoms with E-state index in [2.05, 4.69) is 16.1 Å². The zero-order valence-electron chi connectivity index (χ0n) is 15.1.